The molecule has 0 unspecified atom stereocenters. The molecule has 0 spiro atoms. The van der Waals surface area contributed by atoms with Crippen molar-refractivity contribution in [2.75, 3.05) is 6.61 Å². The average Bonchev–Trinajstić information content (AvgIpc) is 3.43. The van der Waals surface area contributed by atoms with Crippen molar-refractivity contribution in [2.24, 2.45) is 0 Å². The molecule has 1 N–H and O–H groups in total. The van der Waals surface area contributed by atoms with Crippen LogP contribution in [0.4, 0.5) is 0 Å². The largest absolute Gasteiger partial charge is 0.494 e. The van der Waals surface area contributed by atoms with E-state index in [0.717, 1.165) is 47.0 Å². The van der Waals surface area contributed by atoms with Crippen molar-refractivity contribution in [1.29, 1.82) is 0 Å². The molecule has 1 fully saturated rings. The highest BCUT2D eigenvalue weighted by molar-refractivity contribution is 9.10. The Bertz CT molecular complexity index is 1130. The van der Waals surface area contributed by atoms with E-state index >= 15 is 0 Å². The molecular formula is C31H35BrN2O3. The van der Waals surface area contributed by atoms with Gasteiger partial charge in [-0.3, -0.25) is 9.59 Å². The van der Waals surface area contributed by atoms with Crippen LogP contribution in [0.1, 0.15) is 49.7 Å². The minimum atomic E-state index is -0.593. The van der Waals surface area contributed by atoms with Gasteiger partial charge in [0, 0.05) is 29.9 Å². The first-order valence-electron chi connectivity index (χ1n) is 13.1. The highest BCUT2D eigenvalue weighted by atomic mass is 79.9. The Morgan fingerprint density at radius 3 is 2.30 bits per heavy atom. The lowest BCUT2D eigenvalue weighted by Gasteiger charge is -2.32. The van der Waals surface area contributed by atoms with Gasteiger partial charge in [0.05, 0.1) is 6.61 Å². The molecule has 2 amide bonds. The second-order valence-electron chi connectivity index (χ2n) is 9.61. The molecule has 1 aliphatic rings. The summed E-state index contributed by atoms with van der Waals surface area (Å²) >= 11 is 3.54. The van der Waals surface area contributed by atoms with Crippen molar-refractivity contribution in [3.8, 4) is 5.75 Å². The van der Waals surface area contributed by atoms with Crippen LogP contribution >= 0.6 is 15.9 Å². The molecule has 37 heavy (non-hydrogen) atoms. The van der Waals surface area contributed by atoms with Gasteiger partial charge in [0.25, 0.3) is 0 Å². The van der Waals surface area contributed by atoms with E-state index in [9.17, 15) is 9.59 Å². The smallest absolute Gasteiger partial charge is 0.243 e. The summed E-state index contributed by atoms with van der Waals surface area (Å²) in [7, 11) is 0. The molecule has 1 aliphatic carbocycles. The first-order valence-corrected chi connectivity index (χ1v) is 13.9. The molecule has 0 bridgehead atoms. The highest BCUT2D eigenvalue weighted by Crippen LogP contribution is 2.21. The number of carbonyl (C=O) groups excluding carboxylic acids is 2. The molecule has 0 aromatic heterocycles. The van der Waals surface area contributed by atoms with Gasteiger partial charge in [0.1, 0.15) is 11.8 Å². The number of hydrogen-bond acceptors (Lipinski definition) is 3. The van der Waals surface area contributed by atoms with Crippen LogP contribution in [0.25, 0.3) is 0 Å². The van der Waals surface area contributed by atoms with Gasteiger partial charge in [-0.25, -0.2) is 0 Å². The highest BCUT2D eigenvalue weighted by Gasteiger charge is 2.32. The minimum absolute atomic E-state index is 0.0425. The molecule has 0 radical (unpaired) electrons. The van der Waals surface area contributed by atoms with Crippen molar-refractivity contribution in [2.45, 2.75) is 63.6 Å². The zero-order valence-corrected chi connectivity index (χ0v) is 22.7. The third-order valence-electron chi connectivity index (χ3n) is 6.76. The van der Waals surface area contributed by atoms with Crippen LogP contribution in [0.2, 0.25) is 0 Å². The number of nitrogens with zero attached hydrogens (tertiary/aromatic N) is 1. The van der Waals surface area contributed by atoms with Gasteiger partial charge < -0.3 is 15.0 Å². The molecule has 5 nitrogen and oxygen atoms in total. The Morgan fingerprint density at radius 2 is 1.59 bits per heavy atom. The number of hydrogen-bond donors (Lipinski definition) is 1. The van der Waals surface area contributed by atoms with Gasteiger partial charge in [-0.2, -0.15) is 0 Å². The second kappa shape index (κ2) is 14.0. The third-order valence-corrected chi connectivity index (χ3v) is 7.25. The SMILES string of the molecule is O=C(NC1CCCC1)[C@@H](Cc1ccccc1)N(Cc1cccc(Br)c1)C(=O)CCCOc1ccccc1. The zero-order chi connectivity index (χ0) is 25.9. The predicted molar refractivity (Wildman–Crippen MR) is 150 cm³/mol. The van der Waals surface area contributed by atoms with E-state index in [0.29, 0.717) is 32.4 Å². The average molecular weight is 564 g/mol. The Morgan fingerprint density at radius 1 is 0.919 bits per heavy atom. The van der Waals surface area contributed by atoms with Crippen LogP contribution in [0.3, 0.4) is 0 Å². The van der Waals surface area contributed by atoms with E-state index in [1.54, 1.807) is 4.90 Å². The van der Waals surface area contributed by atoms with Gasteiger partial charge in [-0.1, -0.05) is 89.4 Å². The second-order valence-corrected chi connectivity index (χ2v) is 10.5. The zero-order valence-electron chi connectivity index (χ0n) is 21.2. The molecule has 3 aromatic rings. The fourth-order valence-electron chi connectivity index (χ4n) is 4.83. The summed E-state index contributed by atoms with van der Waals surface area (Å²) in [6.07, 6.45) is 5.63. The van der Waals surface area contributed by atoms with Crippen molar-refractivity contribution in [3.63, 3.8) is 0 Å². The van der Waals surface area contributed by atoms with Crippen molar-refractivity contribution in [1.82, 2.24) is 10.2 Å². The quantitative estimate of drug-likeness (QED) is 0.263. The maximum absolute atomic E-state index is 13.7. The van der Waals surface area contributed by atoms with E-state index in [1.807, 2.05) is 84.9 Å². The van der Waals surface area contributed by atoms with E-state index < -0.39 is 6.04 Å². The molecule has 0 saturated heterocycles. The lowest BCUT2D eigenvalue weighted by molar-refractivity contribution is -0.141. The first-order chi connectivity index (χ1) is 18.1. The molecule has 6 heteroatoms. The monoisotopic (exact) mass is 562 g/mol. The molecule has 194 valence electrons. The fourth-order valence-corrected chi connectivity index (χ4v) is 5.27. The number of halogens is 1. The minimum Gasteiger partial charge on any atom is -0.494 e. The van der Waals surface area contributed by atoms with Crippen molar-refractivity contribution >= 4 is 27.7 Å². The summed E-state index contributed by atoms with van der Waals surface area (Å²) in [6.45, 7) is 0.811. The molecule has 0 aliphatic heterocycles. The van der Waals surface area contributed by atoms with Crippen LogP contribution in [0, 0.1) is 0 Å². The van der Waals surface area contributed by atoms with E-state index in [-0.39, 0.29) is 17.9 Å². The summed E-state index contributed by atoms with van der Waals surface area (Å²) in [5, 5.41) is 3.25. The Hall–Kier alpha value is -3.12. The van der Waals surface area contributed by atoms with Gasteiger partial charge in [0.2, 0.25) is 11.8 Å². The summed E-state index contributed by atoms with van der Waals surface area (Å²) in [5.41, 5.74) is 2.02. The van der Waals surface area contributed by atoms with Crippen LogP contribution in [0.15, 0.2) is 89.4 Å². The number of rotatable bonds is 12. The maximum Gasteiger partial charge on any atom is 0.243 e. The number of amides is 2. The normalized spacial score (nSPS) is 14.2. The van der Waals surface area contributed by atoms with Crippen LogP contribution < -0.4 is 10.1 Å². The Labute approximate surface area is 228 Å². The summed E-state index contributed by atoms with van der Waals surface area (Å²) < 4.78 is 6.75. The van der Waals surface area contributed by atoms with Gasteiger partial charge in [-0.05, 0) is 54.7 Å². The number of carbonyl (C=O) groups is 2. The lowest BCUT2D eigenvalue weighted by atomic mass is 10.0. The van der Waals surface area contributed by atoms with Gasteiger partial charge >= 0.3 is 0 Å². The molecule has 1 saturated carbocycles. The lowest BCUT2D eigenvalue weighted by Crippen LogP contribution is -2.52. The predicted octanol–water partition coefficient (Wildman–Crippen LogP) is 6.31. The van der Waals surface area contributed by atoms with E-state index in [1.165, 1.54) is 0 Å². The van der Waals surface area contributed by atoms with Crippen molar-refractivity contribution in [3.05, 3.63) is 101 Å². The molecule has 1 atom stereocenters. The van der Waals surface area contributed by atoms with Crippen LogP contribution in [-0.4, -0.2) is 35.4 Å². The fraction of sp³-hybridized carbons (Fsp3) is 0.355. The number of nitrogens with one attached hydrogen (secondary N) is 1. The number of benzene rings is 3. The Balaban J connectivity index is 1.52. The number of para-hydroxylation sites is 1. The van der Waals surface area contributed by atoms with Crippen LogP contribution in [0.5, 0.6) is 5.75 Å². The van der Waals surface area contributed by atoms with E-state index in [4.69, 9.17) is 4.74 Å². The molecular weight excluding hydrogens is 528 g/mol. The number of ether oxygens (including phenoxy) is 1. The third kappa shape index (κ3) is 8.46. The van der Waals surface area contributed by atoms with Crippen molar-refractivity contribution < 1.29 is 14.3 Å². The maximum atomic E-state index is 13.7. The van der Waals surface area contributed by atoms with E-state index in [2.05, 4.69) is 21.2 Å². The topological polar surface area (TPSA) is 58.6 Å². The van der Waals surface area contributed by atoms with Gasteiger partial charge in [0.15, 0.2) is 0 Å². The molecule has 3 aromatic carbocycles. The molecule has 0 heterocycles. The Kier molecular flexibility index (Phi) is 10.2. The summed E-state index contributed by atoms with van der Waals surface area (Å²) in [5.74, 6) is 0.678. The van der Waals surface area contributed by atoms with Gasteiger partial charge in [-0.15, -0.1) is 0 Å². The molecule has 4 rings (SSSR count). The standard InChI is InChI=1S/C31H35BrN2O3/c32-26-14-9-13-25(21-26)23-34(30(35)19-10-20-37-28-17-5-2-6-18-28)29(22-24-11-3-1-4-12-24)31(36)33-27-15-7-8-16-27/h1-6,9,11-14,17-18,21,27,29H,7-8,10,15-16,19-20,22-23H2,(H,33,36)/t29-/m1/s1. The summed E-state index contributed by atoms with van der Waals surface area (Å²) in [4.78, 5) is 29.1. The first kappa shape index (κ1) is 26.9. The van der Waals surface area contributed by atoms with Crippen LogP contribution in [-0.2, 0) is 22.6 Å². The summed E-state index contributed by atoms with van der Waals surface area (Å²) in [6, 6.07) is 27.1.